The fraction of sp³-hybridized carbons (Fsp3) is 0.231. The van der Waals surface area contributed by atoms with Crippen molar-refractivity contribution in [2.75, 3.05) is 0 Å². The number of thiophene rings is 1. The third-order valence-corrected chi connectivity index (χ3v) is 3.75. The molecule has 0 aliphatic carbocycles. The molecule has 1 aromatic carbocycles. The van der Waals surface area contributed by atoms with Gasteiger partial charge in [-0.05, 0) is 43.2 Å². The van der Waals surface area contributed by atoms with Gasteiger partial charge in [-0.15, -0.1) is 11.3 Å². The van der Waals surface area contributed by atoms with E-state index in [1.807, 2.05) is 6.07 Å². The zero-order valence-corrected chi connectivity index (χ0v) is 10.4. The minimum Gasteiger partial charge on any atom is -0.271 e. The summed E-state index contributed by atoms with van der Waals surface area (Å²) in [5, 5.41) is 0. The molecule has 0 radical (unpaired) electrons. The Labute approximate surface area is 104 Å². The topological polar surface area (TPSA) is 38.0 Å². The smallest absolute Gasteiger partial charge is 0.123 e. The van der Waals surface area contributed by atoms with Gasteiger partial charge < -0.3 is 0 Å². The number of hydrogen-bond acceptors (Lipinski definition) is 3. The van der Waals surface area contributed by atoms with E-state index in [0.717, 1.165) is 5.56 Å². The maximum Gasteiger partial charge on any atom is 0.123 e. The molecule has 1 atom stereocenters. The van der Waals surface area contributed by atoms with Gasteiger partial charge in [-0.1, -0.05) is 12.1 Å². The van der Waals surface area contributed by atoms with E-state index in [4.69, 9.17) is 5.84 Å². The molecule has 90 valence electrons. The van der Waals surface area contributed by atoms with Crippen molar-refractivity contribution in [2.24, 2.45) is 5.84 Å². The summed E-state index contributed by atoms with van der Waals surface area (Å²) in [5.41, 5.74) is 3.73. The molecule has 1 unspecified atom stereocenters. The van der Waals surface area contributed by atoms with Crippen LogP contribution in [0, 0.1) is 12.7 Å². The first-order chi connectivity index (χ1) is 8.19. The van der Waals surface area contributed by atoms with Gasteiger partial charge in [-0.3, -0.25) is 11.3 Å². The van der Waals surface area contributed by atoms with Gasteiger partial charge >= 0.3 is 0 Å². The molecule has 4 heteroatoms. The Morgan fingerprint density at radius 3 is 2.76 bits per heavy atom. The van der Waals surface area contributed by atoms with Crippen LogP contribution in [-0.2, 0) is 6.42 Å². The Morgan fingerprint density at radius 2 is 2.18 bits per heavy atom. The summed E-state index contributed by atoms with van der Waals surface area (Å²) in [5.74, 6) is 5.36. The average Bonchev–Trinajstić information content (AvgIpc) is 2.73. The van der Waals surface area contributed by atoms with E-state index in [2.05, 4.69) is 24.5 Å². The van der Waals surface area contributed by atoms with Crippen molar-refractivity contribution >= 4 is 11.3 Å². The Hall–Kier alpha value is -1.23. The first-order valence-corrected chi connectivity index (χ1v) is 6.27. The van der Waals surface area contributed by atoms with E-state index >= 15 is 0 Å². The van der Waals surface area contributed by atoms with Gasteiger partial charge in [0.25, 0.3) is 0 Å². The average molecular weight is 250 g/mol. The molecule has 1 heterocycles. The van der Waals surface area contributed by atoms with Gasteiger partial charge in [-0.2, -0.15) is 0 Å². The maximum atomic E-state index is 13.1. The number of hydrogen-bond donors (Lipinski definition) is 2. The van der Waals surface area contributed by atoms with Gasteiger partial charge in [-0.25, -0.2) is 4.39 Å². The predicted molar refractivity (Wildman–Crippen MR) is 69.2 cm³/mol. The van der Waals surface area contributed by atoms with E-state index in [9.17, 15) is 4.39 Å². The van der Waals surface area contributed by atoms with Crippen LogP contribution in [0.2, 0.25) is 0 Å². The van der Waals surface area contributed by atoms with Gasteiger partial charge in [0.05, 0.1) is 6.04 Å². The predicted octanol–water partition coefficient (Wildman–Crippen LogP) is 2.94. The Kier molecular flexibility index (Phi) is 3.89. The first kappa shape index (κ1) is 12.2. The molecule has 3 N–H and O–H groups in total. The zero-order valence-electron chi connectivity index (χ0n) is 9.61. The Morgan fingerprint density at radius 1 is 1.35 bits per heavy atom. The number of aryl methyl sites for hydroxylation is 1. The number of rotatable bonds is 4. The minimum atomic E-state index is -0.208. The summed E-state index contributed by atoms with van der Waals surface area (Å²) in [6.07, 6.45) is 0.689. The number of benzene rings is 1. The van der Waals surface area contributed by atoms with Gasteiger partial charge in [0.15, 0.2) is 0 Å². The molecule has 17 heavy (non-hydrogen) atoms. The molecule has 0 aliphatic rings. The lowest BCUT2D eigenvalue weighted by molar-refractivity contribution is 0.557. The largest absolute Gasteiger partial charge is 0.271 e. The van der Waals surface area contributed by atoms with Crippen LogP contribution in [-0.4, -0.2) is 0 Å². The van der Waals surface area contributed by atoms with Crippen LogP contribution in [0.5, 0.6) is 0 Å². The fourth-order valence-corrected chi connectivity index (χ4v) is 2.72. The second-order valence-electron chi connectivity index (χ2n) is 4.00. The van der Waals surface area contributed by atoms with Crippen molar-refractivity contribution in [3.63, 3.8) is 0 Å². The number of halogens is 1. The van der Waals surface area contributed by atoms with Gasteiger partial charge in [0, 0.05) is 9.75 Å². The zero-order chi connectivity index (χ0) is 12.3. The fourth-order valence-electron chi connectivity index (χ4n) is 1.78. The molecule has 0 saturated carbocycles. The lowest BCUT2D eigenvalue weighted by Gasteiger charge is -2.14. The summed E-state index contributed by atoms with van der Waals surface area (Å²) in [6, 6.07) is 10.8. The quantitative estimate of drug-likeness (QED) is 0.647. The maximum absolute atomic E-state index is 13.1. The molecular weight excluding hydrogens is 235 g/mol. The lowest BCUT2D eigenvalue weighted by atomic mass is 10.1. The molecule has 2 rings (SSSR count). The van der Waals surface area contributed by atoms with Crippen molar-refractivity contribution < 1.29 is 4.39 Å². The molecule has 2 aromatic rings. The highest BCUT2D eigenvalue weighted by Gasteiger charge is 2.12. The highest BCUT2D eigenvalue weighted by atomic mass is 32.1. The van der Waals surface area contributed by atoms with E-state index in [1.165, 1.54) is 15.8 Å². The van der Waals surface area contributed by atoms with E-state index in [-0.39, 0.29) is 11.9 Å². The lowest BCUT2D eigenvalue weighted by Crippen LogP contribution is -2.28. The number of nitrogens with two attached hydrogens (primary N) is 1. The van der Waals surface area contributed by atoms with E-state index < -0.39 is 0 Å². The molecule has 0 amide bonds. The standard InChI is InChI=1S/C13H15FN2S/c1-9-5-6-13(17-9)12(16-15)8-10-3-2-4-11(14)7-10/h2-7,12,16H,8,15H2,1H3. The van der Waals surface area contributed by atoms with Crippen molar-refractivity contribution in [1.82, 2.24) is 5.43 Å². The monoisotopic (exact) mass is 250 g/mol. The highest BCUT2D eigenvalue weighted by Crippen LogP contribution is 2.25. The molecule has 0 saturated heterocycles. The van der Waals surface area contributed by atoms with Crippen LogP contribution in [0.3, 0.4) is 0 Å². The Balaban J connectivity index is 2.15. The second kappa shape index (κ2) is 5.40. The molecule has 1 aromatic heterocycles. The van der Waals surface area contributed by atoms with Crippen LogP contribution in [0.4, 0.5) is 4.39 Å². The van der Waals surface area contributed by atoms with Crippen molar-refractivity contribution in [2.45, 2.75) is 19.4 Å². The molecule has 0 fully saturated rings. The van der Waals surface area contributed by atoms with Crippen LogP contribution < -0.4 is 11.3 Å². The van der Waals surface area contributed by atoms with Gasteiger partial charge in [0.1, 0.15) is 5.82 Å². The highest BCUT2D eigenvalue weighted by molar-refractivity contribution is 7.12. The van der Waals surface area contributed by atoms with Crippen molar-refractivity contribution in [3.05, 3.63) is 57.5 Å². The number of hydrazine groups is 1. The third kappa shape index (κ3) is 3.12. The van der Waals surface area contributed by atoms with E-state index in [0.29, 0.717) is 6.42 Å². The summed E-state index contributed by atoms with van der Waals surface area (Å²) in [6.45, 7) is 2.06. The summed E-state index contributed by atoms with van der Waals surface area (Å²) in [7, 11) is 0. The van der Waals surface area contributed by atoms with Crippen molar-refractivity contribution in [3.8, 4) is 0 Å². The van der Waals surface area contributed by atoms with Crippen LogP contribution >= 0.6 is 11.3 Å². The van der Waals surface area contributed by atoms with Crippen molar-refractivity contribution in [1.29, 1.82) is 0 Å². The third-order valence-electron chi connectivity index (χ3n) is 2.63. The SMILES string of the molecule is Cc1ccc(C(Cc2cccc(F)c2)NN)s1. The number of nitrogens with one attached hydrogen (secondary N) is 1. The van der Waals surface area contributed by atoms with E-state index in [1.54, 1.807) is 23.5 Å². The minimum absolute atomic E-state index is 0.0375. The van der Waals surface area contributed by atoms with Crippen LogP contribution in [0.15, 0.2) is 36.4 Å². The molecule has 0 bridgehead atoms. The molecule has 2 nitrogen and oxygen atoms in total. The summed E-state index contributed by atoms with van der Waals surface area (Å²) >= 11 is 1.71. The molecule has 0 aliphatic heterocycles. The van der Waals surface area contributed by atoms with Gasteiger partial charge in [0.2, 0.25) is 0 Å². The molecule has 0 spiro atoms. The van der Waals surface area contributed by atoms with Crippen LogP contribution in [0.1, 0.15) is 21.4 Å². The Bertz CT molecular complexity index is 496. The second-order valence-corrected chi connectivity index (χ2v) is 5.32. The first-order valence-electron chi connectivity index (χ1n) is 5.46. The normalized spacial score (nSPS) is 12.6. The van der Waals surface area contributed by atoms with Crippen LogP contribution in [0.25, 0.3) is 0 Å². The summed E-state index contributed by atoms with van der Waals surface area (Å²) in [4.78, 5) is 2.42. The molecular formula is C13H15FN2S. The summed E-state index contributed by atoms with van der Waals surface area (Å²) < 4.78 is 13.1.